The molecule has 0 saturated heterocycles. The average molecular weight is 279 g/mol. The summed E-state index contributed by atoms with van der Waals surface area (Å²) in [5.74, 6) is 0.371. The molecule has 0 spiro atoms. The molecule has 0 fully saturated rings. The first kappa shape index (κ1) is 17.8. The van der Waals surface area contributed by atoms with Crippen molar-refractivity contribution in [1.29, 1.82) is 0 Å². The molecule has 6 heteroatoms. The molecular formula is C12H29N3O2S. The Morgan fingerprint density at radius 1 is 1.22 bits per heavy atom. The molecule has 0 aromatic rings. The molecule has 1 unspecified atom stereocenters. The third-order valence-electron chi connectivity index (χ3n) is 2.92. The Morgan fingerprint density at radius 3 is 2.33 bits per heavy atom. The van der Waals surface area contributed by atoms with Crippen LogP contribution in [0.2, 0.25) is 0 Å². The molecule has 0 aliphatic carbocycles. The molecule has 0 radical (unpaired) electrons. The van der Waals surface area contributed by atoms with Crippen molar-refractivity contribution >= 4 is 10.2 Å². The van der Waals surface area contributed by atoms with E-state index in [1.54, 1.807) is 7.05 Å². The van der Waals surface area contributed by atoms with Gasteiger partial charge in [-0.2, -0.15) is 12.7 Å². The van der Waals surface area contributed by atoms with Crippen molar-refractivity contribution in [2.45, 2.75) is 46.6 Å². The summed E-state index contributed by atoms with van der Waals surface area (Å²) >= 11 is 0. The molecule has 0 heterocycles. The maximum Gasteiger partial charge on any atom is 0.279 e. The highest BCUT2D eigenvalue weighted by Crippen LogP contribution is 2.01. The van der Waals surface area contributed by atoms with Crippen LogP contribution in [0.5, 0.6) is 0 Å². The highest BCUT2D eigenvalue weighted by atomic mass is 32.2. The van der Waals surface area contributed by atoms with Gasteiger partial charge in [-0.05, 0) is 18.9 Å². The van der Waals surface area contributed by atoms with Gasteiger partial charge in [0, 0.05) is 26.2 Å². The summed E-state index contributed by atoms with van der Waals surface area (Å²) < 4.78 is 27.8. The first-order valence-corrected chi connectivity index (χ1v) is 8.17. The van der Waals surface area contributed by atoms with Crippen molar-refractivity contribution in [2.24, 2.45) is 5.92 Å². The van der Waals surface area contributed by atoms with Crippen LogP contribution in [0.15, 0.2) is 0 Å². The van der Waals surface area contributed by atoms with Crippen LogP contribution >= 0.6 is 0 Å². The van der Waals surface area contributed by atoms with Gasteiger partial charge in [0.2, 0.25) is 0 Å². The van der Waals surface area contributed by atoms with Gasteiger partial charge in [0.15, 0.2) is 0 Å². The second kappa shape index (κ2) is 8.85. The van der Waals surface area contributed by atoms with Crippen molar-refractivity contribution in [3.05, 3.63) is 0 Å². The number of rotatable bonds is 10. The Kier molecular flexibility index (Phi) is 8.77. The van der Waals surface area contributed by atoms with E-state index in [-0.39, 0.29) is 0 Å². The van der Waals surface area contributed by atoms with Crippen LogP contribution in [-0.4, -0.2) is 45.4 Å². The SMILES string of the molecule is CCC(C)CNS(=O)(=O)N(C)CCCNC(C)C. The fourth-order valence-electron chi connectivity index (χ4n) is 1.31. The molecule has 5 nitrogen and oxygen atoms in total. The van der Waals surface area contributed by atoms with Gasteiger partial charge in [-0.15, -0.1) is 0 Å². The highest BCUT2D eigenvalue weighted by molar-refractivity contribution is 7.87. The molecule has 2 N–H and O–H groups in total. The van der Waals surface area contributed by atoms with E-state index in [9.17, 15) is 8.42 Å². The minimum atomic E-state index is -3.31. The van der Waals surface area contributed by atoms with Crippen molar-refractivity contribution in [1.82, 2.24) is 14.3 Å². The summed E-state index contributed by atoms with van der Waals surface area (Å²) in [5.41, 5.74) is 0. The third kappa shape index (κ3) is 8.02. The second-order valence-corrected chi connectivity index (χ2v) is 7.01. The Morgan fingerprint density at radius 2 is 1.83 bits per heavy atom. The fourth-order valence-corrected chi connectivity index (χ4v) is 2.40. The molecule has 0 aliphatic rings. The Hall–Kier alpha value is -0.170. The summed E-state index contributed by atoms with van der Waals surface area (Å²) in [6.07, 6.45) is 1.80. The van der Waals surface area contributed by atoms with E-state index in [2.05, 4.69) is 30.8 Å². The fraction of sp³-hybridized carbons (Fsp3) is 1.00. The number of nitrogens with one attached hydrogen (secondary N) is 2. The first-order chi connectivity index (χ1) is 8.29. The molecule has 1 atom stereocenters. The maximum atomic E-state index is 11.9. The summed E-state index contributed by atoms with van der Waals surface area (Å²) in [6.45, 7) is 10.1. The van der Waals surface area contributed by atoms with Crippen LogP contribution in [0.3, 0.4) is 0 Å². The largest absolute Gasteiger partial charge is 0.314 e. The van der Waals surface area contributed by atoms with Gasteiger partial charge in [-0.3, -0.25) is 0 Å². The lowest BCUT2D eigenvalue weighted by atomic mass is 10.1. The monoisotopic (exact) mass is 279 g/mol. The Balaban J connectivity index is 3.95. The molecule has 0 aromatic heterocycles. The van der Waals surface area contributed by atoms with Gasteiger partial charge in [0.05, 0.1) is 0 Å². The molecule has 18 heavy (non-hydrogen) atoms. The minimum Gasteiger partial charge on any atom is -0.314 e. The van der Waals surface area contributed by atoms with Crippen molar-refractivity contribution in [3.8, 4) is 0 Å². The smallest absolute Gasteiger partial charge is 0.279 e. The highest BCUT2D eigenvalue weighted by Gasteiger charge is 2.17. The van der Waals surface area contributed by atoms with Crippen LogP contribution in [0, 0.1) is 5.92 Å². The summed E-state index contributed by atoms with van der Waals surface area (Å²) in [6, 6.07) is 0.440. The van der Waals surface area contributed by atoms with Crippen molar-refractivity contribution in [2.75, 3.05) is 26.7 Å². The predicted octanol–water partition coefficient (Wildman–Crippen LogP) is 1.19. The average Bonchev–Trinajstić information content (AvgIpc) is 2.31. The van der Waals surface area contributed by atoms with E-state index in [1.807, 2.05) is 6.92 Å². The molecule has 110 valence electrons. The summed E-state index contributed by atoms with van der Waals surface area (Å²) in [5, 5.41) is 3.27. The van der Waals surface area contributed by atoms with E-state index in [0.717, 1.165) is 19.4 Å². The molecule has 0 amide bonds. The quantitative estimate of drug-likeness (QED) is 0.591. The second-order valence-electron chi connectivity index (χ2n) is 5.15. The van der Waals surface area contributed by atoms with Crippen LogP contribution in [-0.2, 0) is 10.2 Å². The molecule has 0 aliphatic heterocycles. The molecule has 0 bridgehead atoms. The zero-order valence-electron chi connectivity index (χ0n) is 12.4. The Bertz CT molecular complexity index is 304. The van der Waals surface area contributed by atoms with Crippen LogP contribution in [0.25, 0.3) is 0 Å². The van der Waals surface area contributed by atoms with Gasteiger partial charge in [-0.1, -0.05) is 34.1 Å². The van der Waals surface area contributed by atoms with Gasteiger partial charge in [0.1, 0.15) is 0 Å². The molecule has 0 aromatic carbocycles. The van der Waals surface area contributed by atoms with E-state index in [0.29, 0.717) is 25.0 Å². The molecule has 0 saturated carbocycles. The maximum absolute atomic E-state index is 11.9. The summed E-state index contributed by atoms with van der Waals surface area (Å²) in [4.78, 5) is 0. The summed E-state index contributed by atoms with van der Waals surface area (Å²) in [7, 11) is -1.69. The topological polar surface area (TPSA) is 61.4 Å². The van der Waals surface area contributed by atoms with Gasteiger partial charge in [-0.25, -0.2) is 4.72 Å². The van der Waals surface area contributed by atoms with Crippen LogP contribution < -0.4 is 10.0 Å². The first-order valence-electron chi connectivity index (χ1n) is 6.73. The van der Waals surface area contributed by atoms with E-state index in [4.69, 9.17) is 0 Å². The van der Waals surface area contributed by atoms with Crippen molar-refractivity contribution < 1.29 is 8.42 Å². The van der Waals surface area contributed by atoms with Gasteiger partial charge < -0.3 is 5.32 Å². The van der Waals surface area contributed by atoms with E-state index < -0.39 is 10.2 Å². The third-order valence-corrected chi connectivity index (χ3v) is 4.46. The van der Waals surface area contributed by atoms with Crippen LogP contribution in [0.1, 0.15) is 40.5 Å². The lowest BCUT2D eigenvalue weighted by Crippen LogP contribution is -2.41. The molecule has 0 rings (SSSR count). The van der Waals surface area contributed by atoms with Crippen LogP contribution in [0.4, 0.5) is 0 Å². The lowest BCUT2D eigenvalue weighted by Gasteiger charge is -2.19. The standard InChI is InChI=1S/C12H29N3O2S/c1-6-12(4)10-14-18(16,17)15(5)9-7-8-13-11(2)3/h11-14H,6-10H2,1-5H3. The van der Waals surface area contributed by atoms with E-state index >= 15 is 0 Å². The normalized spacial score (nSPS) is 14.4. The number of hydrogen-bond donors (Lipinski definition) is 2. The lowest BCUT2D eigenvalue weighted by molar-refractivity contribution is 0.431. The zero-order valence-corrected chi connectivity index (χ0v) is 13.2. The number of nitrogens with zero attached hydrogens (tertiary/aromatic N) is 1. The zero-order chi connectivity index (χ0) is 14.2. The predicted molar refractivity (Wildman–Crippen MR) is 76.8 cm³/mol. The molecular weight excluding hydrogens is 250 g/mol. The van der Waals surface area contributed by atoms with Gasteiger partial charge >= 0.3 is 0 Å². The minimum absolute atomic E-state index is 0.371. The number of hydrogen-bond acceptors (Lipinski definition) is 3. The Labute approximate surface area is 113 Å². The van der Waals surface area contributed by atoms with E-state index in [1.165, 1.54) is 4.31 Å². The van der Waals surface area contributed by atoms with Crippen molar-refractivity contribution in [3.63, 3.8) is 0 Å². The van der Waals surface area contributed by atoms with Gasteiger partial charge in [0.25, 0.3) is 10.2 Å².